The van der Waals surface area contributed by atoms with E-state index in [4.69, 9.17) is 0 Å². The van der Waals surface area contributed by atoms with Crippen molar-refractivity contribution >= 4 is 5.78 Å². The maximum atomic E-state index is 9.44. The topological polar surface area (TPSA) is 17.1 Å². The van der Waals surface area contributed by atoms with Crippen LogP contribution >= 0.6 is 0 Å². The van der Waals surface area contributed by atoms with E-state index in [9.17, 15) is 4.79 Å². The van der Waals surface area contributed by atoms with Crippen molar-refractivity contribution in [3.05, 3.63) is 35.4 Å². The van der Waals surface area contributed by atoms with E-state index in [1.165, 1.54) is 25.0 Å². The second-order valence-electron chi connectivity index (χ2n) is 3.06. The van der Waals surface area contributed by atoms with E-state index >= 15 is 0 Å². The third-order valence-corrected chi connectivity index (χ3v) is 1.22. The first-order valence-corrected chi connectivity index (χ1v) is 4.03. The molecule has 0 atom stereocenters. The normalized spacial score (nSPS) is 8.33. The summed E-state index contributed by atoms with van der Waals surface area (Å²) in [6.45, 7) is 7.25. The zero-order valence-corrected chi connectivity index (χ0v) is 8.22. The fourth-order valence-corrected chi connectivity index (χ4v) is 0.637. The first-order chi connectivity index (χ1) is 5.52. The standard InChI is InChI=1S/C8H10.C3H6O/c1-7-3-5-8(2)6-4-7;1-3(2)4/h3-6H,1-2H3;1-2H3. The van der Waals surface area contributed by atoms with E-state index in [2.05, 4.69) is 38.1 Å². The van der Waals surface area contributed by atoms with Gasteiger partial charge in [-0.3, -0.25) is 0 Å². The summed E-state index contributed by atoms with van der Waals surface area (Å²) in [4.78, 5) is 9.44. The minimum absolute atomic E-state index is 0.167. The third-order valence-electron chi connectivity index (χ3n) is 1.22. The molecule has 0 bridgehead atoms. The van der Waals surface area contributed by atoms with E-state index < -0.39 is 0 Å². The lowest BCUT2D eigenvalue weighted by molar-refractivity contribution is -0.114. The Balaban J connectivity index is 0.000000261. The minimum Gasteiger partial charge on any atom is -0.300 e. The lowest BCUT2D eigenvalue weighted by atomic mass is 10.2. The van der Waals surface area contributed by atoms with Crippen LogP contribution in [0.3, 0.4) is 0 Å². The molecule has 0 aliphatic heterocycles. The second kappa shape index (κ2) is 5.53. The molecule has 66 valence electrons. The molecule has 0 saturated heterocycles. The van der Waals surface area contributed by atoms with Crippen molar-refractivity contribution in [3.63, 3.8) is 0 Å². The Kier molecular flexibility index (Phi) is 5.02. The van der Waals surface area contributed by atoms with Crippen LogP contribution in [-0.2, 0) is 4.79 Å². The van der Waals surface area contributed by atoms with Crippen LogP contribution < -0.4 is 0 Å². The predicted molar refractivity (Wildman–Crippen MR) is 52.3 cm³/mol. The maximum absolute atomic E-state index is 9.44. The smallest absolute Gasteiger partial charge is 0.126 e. The summed E-state index contributed by atoms with van der Waals surface area (Å²) in [5.74, 6) is 0.167. The van der Waals surface area contributed by atoms with Crippen molar-refractivity contribution in [2.75, 3.05) is 0 Å². The van der Waals surface area contributed by atoms with Crippen molar-refractivity contribution in [2.24, 2.45) is 0 Å². The van der Waals surface area contributed by atoms with Gasteiger partial charge in [0, 0.05) is 0 Å². The number of rotatable bonds is 0. The van der Waals surface area contributed by atoms with Gasteiger partial charge in [-0.1, -0.05) is 35.4 Å². The van der Waals surface area contributed by atoms with Gasteiger partial charge < -0.3 is 4.79 Å². The van der Waals surface area contributed by atoms with Gasteiger partial charge in [-0.15, -0.1) is 0 Å². The molecule has 0 unspecified atom stereocenters. The Bertz CT molecular complexity index is 209. The molecule has 0 amide bonds. The zero-order valence-electron chi connectivity index (χ0n) is 8.22. The SMILES string of the molecule is CC(C)=O.Cc1ccc(C)cc1. The van der Waals surface area contributed by atoms with Crippen LogP contribution in [0.5, 0.6) is 0 Å². The quantitative estimate of drug-likeness (QED) is 0.576. The maximum Gasteiger partial charge on any atom is 0.126 e. The highest BCUT2D eigenvalue weighted by atomic mass is 16.1. The van der Waals surface area contributed by atoms with Crippen LogP contribution in [0.2, 0.25) is 0 Å². The van der Waals surface area contributed by atoms with Crippen molar-refractivity contribution in [2.45, 2.75) is 27.7 Å². The number of aryl methyl sites for hydroxylation is 2. The number of hydrogen-bond donors (Lipinski definition) is 0. The van der Waals surface area contributed by atoms with Gasteiger partial charge in [0.05, 0.1) is 0 Å². The number of ketones is 1. The number of benzene rings is 1. The van der Waals surface area contributed by atoms with Gasteiger partial charge in [0.25, 0.3) is 0 Å². The summed E-state index contributed by atoms with van der Waals surface area (Å²) in [6.07, 6.45) is 0. The van der Waals surface area contributed by atoms with Crippen LogP contribution in [0.1, 0.15) is 25.0 Å². The largest absolute Gasteiger partial charge is 0.300 e. The molecule has 1 heteroatoms. The van der Waals surface area contributed by atoms with Crippen LogP contribution in [0.15, 0.2) is 24.3 Å². The Morgan fingerprint density at radius 2 is 1.08 bits per heavy atom. The highest BCUT2D eigenvalue weighted by Gasteiger charge is 1.79. The molecule has 0 fully saturated rings. The molecule has 0 radical (unpaired) electrons. The average molecular weight is 164 g/mol. The predicted octanol–water partition coefficient (Wildman–Crippen LogP) is 2.90. The van der Waals surface area contributed by atoms with E-state index in [0.717, 1.165) is 0 Å². The highest BCUT2D eigenvalue weighted by molar-refractivity contribution is 5.72. The summed E-state index contributed by atoms with van der Waals surface area (Å²) in [5.41, 5.74) is 2.66. The van der Waals surface area contributed by atoms with Gasteiger partial charge in [-0.2, -0.15) is 0 Å². The van der Waals surface area contributed by atoms with Gasteiger partial charge >= 0.3 is 0 Å². The molecule has 0 aliphatic rings. The molecular formula is C11H16O. The molecule has 12 heavy (non-hydrogen) atoms. The highest BCUT2D eigenvalue weighted by Crippen LogP contribution is 1.99. The lowest BCUT2D eigenvalue weighted by Gasteiger charge is -1.90. The van der Waals surface area contributed by atoms with Crippen LogP contribution in [0.25, 0.3) is 0 Å². The molecule has 0 saturated carbocycles. The number of Topliss-reactive ketones (excluding diaryl/α,β-unsaturated/α-hetero) is 1. The molecule has 1 aromatic rings. The van der Waals surface area contributed by atoms with E-state index in [1.54, 1.807) is 0 Å². The monoisotopic (exact) mass is 164 g/mol. The Hall–Kier alpha value is -1.11. The molecule has 1 rings (SSSR count). The summed E-state index contributed by atoms with van der Waals surface area (Å²) in [5, 5.41) is 0. The van der Waals surface area contributed by atoms with Crippen LogP contribution in [-0.4, -0.2) is 5.78 Å². The van der Waals surface area contributed by atoms with Crippen molar-refractivity contribution in [1.82, 2.24) is 0 Å². The fraction of sp³-hybridized carbons (Fsp3) is 0.364. The van der Waals surface area contributed by atoms with Crippen molar-refractivity contribution < 1.29 is 4.79 Å². The first kappa shape index (κ1) is 10.9. The summed E-state index contributed by atoms with van der Waals surface area (Å²) in [7, 11) is 0. The summed E-state index contributed by atoms with van der Waals surface area (Å²) < 4.78 is 0. The molecule has 1 aromatic carbocycles. The number of hydrogen-bond acceptors (Lipinski definition) is 1. The average Bonchev–Trinajstić information content (AvgIpc) is 1.94. The number of carbonyl (C=O) groups is 1. The van der Waals surface area contributed by atoms with Gasteiger partial charge in [-0.05, 0) is 27.7 Å². The fourth-order valence-electron chi connectivity index (χ4n) is 0.637. The van der Waals surface area contributed by atoms with Crippen molar-refractivity contribution in [1.29, 1.82) is 0 Å². The molecule has 0 aromatic heterocycles. The molecule has 1 nitrogen and oxygen atoms in total. The third kappa shape index (κ3) is 7.00. The van der Waals surface area contributed by atoms with E-state index in [1.807, 2.05) is 0 Å². The first-order valence-electron chi connectivity index (χ1n) is 4.03. The minimum atomic E-state index is 0.167. The van der Waals surface area contributed by atoms with Gasteiger partial charge in [0.2, 0.25) is 0 Å². The lowest BCUT2D eigenvalue weighted by Crippen LogP contribution is -1.70. The van der Waals surface area contributed by atoms with Crippen molar-refractivity contribution in [3.8, 4) is 0 Å². The molecule has 0 heterocycles. The molecular weight excluding hydrogens is 148 g/mol. The van der Waals surface area contributed by atoms with Gasteiger partial charge in [0.15, 0.2) is 0 Å². The van der Waals surface area contributed by atoms with Gasteiger partial charge in [-0.25, -0.2) is 0 Å². The van der Waals surface area contributed by atoms with Crippen LogP contribution in [0.4, 0.5) is 0 Å². The Morgan fingerprint density at radius 3 is 1.25 bits per heavy atom. The van der Waals surface area contributed by atoms with E-state index in [-0.39, 0.29) is 5.78 Å². The summed E-state index contributed by atoms with van der Waals surface area (Å²) >= 11 is 0. The van der Waals surface area contributed by atoms with Crippen LogP contribution in [0, 0.1) is 13.8 Å². The summed E-state index contributed by atoms with van der Waals surface area (Å²) in [6, 6.07) is 8.48. The molecule has 0 aliphatic carbocycles. The Labute approximate surface area is 74.4 Å². The molecule has 0 N–H and O–H groups in total. The van der Waals surface area contributed by atoms with E-state index in [0.29, 0.717) is 0 Å². The number of carbonyl (C=O) groups excluding carboxylic acids is 1. The second-order valence-corrected chi connectivity index (χ2v) is 3.06. The zero-order chi connectivity index (χ0) is 9.56. The van der Waals surface area contributed by atoms with Gasteiger partial charge in [0.1, 0.15) is 5.78 Å². The molecule has 0 spiro atoms. The Morgan fingerprint density at radius 1 is 0.917 bits per heavy atom.